The average Bonchev–Trinajstić information content (AvgIpc) is 2.94. The van der Waals surface area contributed by atoms with Crippen LogP contribution in [0, 0.1) is 26.7 Å². The molecule has 0 saturated heterocycles. The Hall–Kier alpha value is -4.23. The maximum atomic E-state index is 5.03. The summed E-state index contributed by atoms with van der Waals surface area (Å²) in [5.74, 6) is 0.790. The third-order valence-corrected chi connectivity index (χ3v) is 7.94. The summed E-state index contributed by atoms with van der Waals surface area (Å²) in [6.07, 6.45) is 7.10. The molecule has 0 fully saturated rings. The maximum Gasteiger partial charge on any atom is 0.0633 e. The van der Waals surface area contributed by atoms with Crippen molar-refractivity contribution >= 4 is 17.0 Å². The van der Waals surface area contributed by atoms with E-state index in [0.717, 1.165) is 22.5 Å². The Balaban J connectivity index is 1.66. The van der Waals surface area contributed by atoms with Crippen LogP contribution < -0.4 is 0 Å². The van der Waals surface area contributed by atoms with Gasteiger partial charge in [0.25, 0.3) is 0 Å². The van der Waals surface area contributed by atoms with Crippen LogP contribution in [0.15, 0.2) is 121 Å². The minimum absolute atomic E-state index is 0.346. The molecule has 0 aliphatic heterocycles. The van der Waals surface area contributed by atoms with E-state index in [1.165, 1.54) is 44.5 Å². The van der Waals surface area contributed by atoms with Crippen molar-refractivity contribution in [3.8, 4) is 11.1 Å². The highest BCUT2D eigenvalue weighted by Gasteiger charge is 2.22. The fourth-order valence-corrected chi connectivity index (χ4v) is 5.71. The normalized spacial score (nSPS) is 17.2. The van der Waals surface area contributed by atoms with E-state index in [2.05, 4.69) is 132 Å². The smallest absolute Gasteiger partial charge is 0.0633 e. The molecule has 5 rings (SSSR count). The van der Waals surface area contributed by atoms with E-state index in [4.69, 9.17) is 4.99 Å². The first-order valence-electron chi connectivity index (χ1n) is 13.8. The van der Waals surface area contributed by atoms with Crippen molar-refractivity contribution in [1.29, 1.82) is 0 Å². The van der Waals surface area contributed by atoms with Gasteiger partial charge in [0.05, 0.1) is 5.70 Å². The summed E-state index contributed by atoms with van der Waals surface area (Å²) >= 11 is 0. The molecule has 1 aliphatic rings. The lowest BCUT2D eigenvalue weighted by Crippen LogP contribution is -2.11. The second-order valence-corrected chi connectivity index (χ2v) is 10.8. The Morgan fingerprint density at radius 1 is 0.769 bits per heavy atom. The standard InChI is InChI=1S/C38H37N/c1-25-14-10-12-18-34(25)36-23-32(21-20-27(36)3)33-22-28(4)38(35-19-13-11-15-26(35)2)37(24-33)30(6)39-29(5)31-16-8-7-9-17-31/h7-24,27,36H,5H2,1-4,6H3. The van der Waals surface area contributed by atoms with E-state index < -0.39 is 0 Å². The zero-order chi connectivity index (χ0) is 27.5. The van der Waals surface area contributed by atoms with Gasteiger partial charge in [-0.3, -0.25) is 4.99 Å². The van der Waals surface area contributed by atoms with Gasteiger partial charge in [-0.05, 0) is 89.8 Å². The van der Waals surface area contributed by atoms with Crippen LogP contribution in [-0.2, 0) is 0 Å². The lowest BCUT2D eigenvalue weighted by atomic mass is 9.78. The molecule has 0 heterocycles. The monoisotopic (exact) mass is 507 g/mol. The molecule has 2 unspecified atom stereocenters. The molecule has 1 aliphatic carbocycles. The van der Waals surface area contributed by atoms with Crippen LogP contribution in [0.25, 0.3) is 22.4 Å². The van der Waals surface area contributed by atoms with Crippen LogP contribution in [0.4, 0.5) is 0 Å². The fourth-order valence-electron chi connectivity index (χ4n) is 5.71. The van der Waals surface area contributed by atoms with Crippen molar-refractivity contribution < 1.29 is 0 Å². The topological polar surface area (TPSA) is 12.4 Å². The molecule has 1 nitrogen and oxygen atoms in total. The number of hydrogen-bond donors (Lipinski definition) is 0. The molecule has 2 atom stereocenters. The van der Waals surface area contributed by atoms with E-state index in [9.17, 15) is 0 Å². The maximum absolute atomic E-state index is 5.03. The Labute approximate surface area is 234 Å². The highest BCUT2D eigenvalue weighted by Crippen LogP contribution is 2.39. The molecule has 0 amide bonds. The molecule has 0 aromatic heterocycles. The number of hydrogen-bond acceptors (Lipinski definition) is 1. The van der Waals surface area contributed by atoms with Gasteiger partial charge in [0.15, 0.2) is 0 Å². The number of benzene rings is 4. The van der Waals surface area contributed by atoms with Crippen LogP contribution in [0.1, 0.15) is 58.7 Å². The average molecular weight is 508 g/mol. The largest absolute Gasteiger partial charge is 0.253 e. The lowest BCUT2D eigenvalue weighted by molar-refractivity contribution is 0.634. The summed E-state index contributed by atoms with van der Waals surface area (Å²) in [4.78, 5) is 5.03. The zero-order valence-corrected chi connectivity index (χ0v) is 23.7. The first kappa shape index (κ1) is 26.4. The van der Waals surface area contributed by atoms with E-state index >= 15 is 0 Å². The molecule has 4 aromatic rings. The van der Waals surface area contributed by atoms with Gasteiger partial charge in [0.1, 0.15) is 0 Å². The predicted octanol–water partition coefficient (Wildman–Crippen LogP) is 10.1. The molecule has 0 bridgehead atoms. The summed E-state index contributed by atoms with van der Waals surface area (Å²) in [5.41, 5.74) is 14.1. The van der Waals surface area contributed by atoms with E-state index in [-0.39, 0.29) is 0 Å². The van der Waals surface area contributed by atoms with Gasteiger partial charge in [0, 0.05) is 17.2 Å². The van der Waals surface area contributed by atoms with Gasteiger partial charge in [-0.25, -0.2) is 0 Å². The number of rotatable bonds is 6. The molecule has 1 heteroatoms. The Morgan fingerprint density at radius 2 is 1.44 bits per heavy atom. The zero-order valence-electron chi connectivity index (χ0n) is 23.7. The Kier molecular flexibility index (Phi) is 7.61. The highest BCUT2D eigenvalue weighted by molar-refractivity contribution is 6.08. The first-order chi connectivity index (χ1) is 18.8. The van der Waals surface area contributed by atoms with Crippen molar-refractivity contribution in [2.45, 2.75) is 40.5 Å². The van der Waals surface area contributed by atoms with Crippen LogP contribution in [0.3, 0.4) is 0 Å². The SMILES string of the molecule is C=C(N=C(C)c1cc(C2=CC(c3ccccc3C)C(C)C=C2)cc(C)c1-c1ccccc1C)c1ccccc1. The molecule has 4 aromatic carbocycles. The minimum Gasteiger partial charge on any atom is -0.253 e. The summed E-state index contributed by atoms with van der Waals surface area (Å²) < 4.78 is 0. The first-order valence-corrected chi connectivity index (χ1v) is 13.8. The number of aliphatic imine (C=N–C) groups is 1. The third kappa shape index (κ3) is 5.49. The summed E-state index contributed by atoms with van der Waals surface area (Å²) in [6.45, 7) is 15.3. The van der Waals surface area contributed by atoms with Crippen molar-refractivity contribution in [3.05, 3.63) is 155 Å². The third-order valence-electron chi connectivity index (χ3n) is 7.94. The van der Waals surface area contributed by atoms with E-state index in [1.807, 2.05) is 18.2 Å². The molecule has 0 spiro atoms. The van der Waals surface area contributed by atoms with Gasteiger partial charge >= 0.3 is 0 Å². The second kappa shape index (κ2) is 11.3. The predicted molar refractivity (Wildman–Crippen MR) is 169 cm³/mol. The van der Waals surface area contributed by atoms with Crippen molar-refractivity contribution in [1.82, 2.24) is 0 Å². The van der Waals surface area contributed by atoms with Gasteiger partial charge in [-0.2, -0.15) is 0 Å². The summed E-state index contributed by atoms with van der Waals surface area (Å²) in [6, 6.07) is 32.3. The molecular formula is C38H37N. The van der Waals surface area contributed by atoms with Crippen LogP contribution >= 0.6 is 0 Å². The molecule has 0 saturated carbocycles. The second-order valence-electron chi connectivity index (χ2n) is 10.8. The number of nitrogens with zero attached hydrogens (tertiary/aromatic N) is 1. The van der Waals surface area contributed by atoms with Crippen molar-refractivity contribution in [3.63, 3.8) is 0 Å². The summed E-state index contributed by atoms with van der Waals surface area (Å²) in [5, 5.41) is 0. The van der Waals surface area contributed by atoms with Crippen LogP contribution in [-0.4, -0.2) is 5.71 Å². The summed E-state index contributed by atoms with van der Waals surface area (Å²) in [7, 11) is 0. The number of allylic oxidation sites excluding steroid dienone is 4. The van der Waals surface area contributed by atoms with Crippen molar-refractivity contribution in [2.24, 2.45) is 10.9 Å². The molecule has 0 N–H and O–H groups in total. The Bertz CT molecular complexity index is 1610. The quantitative estimate of drug-likeness (QED) is 0.230. The van der Waals surface area contributed by atoms with E-state index in [1.54, 1.807) is 0 Å². The van der Waals surface area contributed by atoms with Crippen LogP contribution in [0.2, 0.25) is 0 Å². The molecule has 194 valence electrons. The number of aryl methyl sites for hydroxylation is 3. The Morgan fingerprint density at radius 3 is 2.15 bits per heavy atom. The molecule has 0 radical (unpaired) electrons. The van der Waals surface area contributed by atoms with E-state index in [0.29, 0.717) is 11.8 Å². The van der Waals surface area contributed by atoms with Gasteiger partial charge in [-0.15, -0.1) is 0 Å². The van der Waals surface area contributed by atoms with Gasteiger partial charge < -0.3 is 0 Å². The lowest BCUT2D eigenvalue weighted by Gasteiger charge is -2.26. The van der Waals surface area contributed by atoms with Gasteiger partial charge in [-0.1, -0.05) is 117 Å². The van der Waals surface area contributed by atoms with Gasteiger partial charge in [0.2, 0.25) is 0 Å². The highest BCUT2D eigenvalue weighted by atomic mass is 14.8. The van der Waals surface area contributed by atoms with Crippen LogP contribution in [0.5, 0.6) is 0 Å². The molecule has 39 heavy (non-hydrogen) atoms. The molecular weight excluding hydrogens is 470 g/mol. The van der Waals surface area contributed by atoms with Crippen molar-refractivity contribution in [2.75, 3.05) is 0 Å². The fraction of sp³-hybridized carbons (Fsp3) is 0.184. The minimum atomic E-state index is 0.346.